The molecule has 0 aromatic rings. The maximum atomic E-state index is 12.1. The minimum absolute atomic E-state index is 0.538. The molecule has 0 saturated carbocycles. The molecule has 0 fully saturated rings. The lowest BCUT2D eigenvalue weighted by atomic mass is 11.2. The minimum Gasteiger partial charge on any atom is -0.232 e. The minimum atomic E-state index is -4.96. The molecule has 0 amide bonds. The molecule has 0 spiro atoms. The Morgan fingerprint density at radius 2 is 2.07 bits per heavy atom. The van der Waals surface area contributed by atoms with E-state index < -0.39 is 23.1 Å². The van der Waals surface area contributed by atoms with E-state index in [1.54, 1.807) is 0 Å². The van der Waals surface area contributed by atoms with E-state index in [4.69, 9.17) is 5.26 Å². The molecule has 80 valence electrons. The number of alkyl halides is 4. The average Bonchev–Trinajstić information content (AvgIpc) is 1.97. The van der Waals surface area contributed by atoms with E-state index in [0.29, 0.717) is 6.19 Å². The summed E-state index contributed by atoms with van der Waals surface area (Å²) in [6, 6.07) is 0. The van der Waals surface area contributed by atoms with Crippen LogP contribution in [-0.2, 0) is 9.57 Å². The van der Waals surface area contributed by atoms with Gasteiger partial charge in [0.05, 0.1) is 0 Å². The molecule has 0 atom stereocenters. The van der Waals surface area contributed by atoms with Gasteiger partial charge in [-0.3, -0.25) is 0 Å². The molecule has 0 rings (SSSR count). The van der Waals surface area contributed by atoms with E-state index in [1.807, 2.05) is 0 Å². The van der Waals surface area contributed by atoms with E-state index in [-0.39, 0.29) is 0 Å². The van der Waals surface area contributed by atoms with E-state index in [0.717, 1.165) is 0 Å². The highest BCUT2D eigenvalue weighted by atomic mass is 19.3. The van der Waals surface area contributed by atoms with Gasteiger partial charge in [-0.2, -0.15) is 14.0 Å². The first-order valence-corrected chi connectivity index (χ1v) is 2.65. The van der Waals surface area contributed by atoms with Gasteiger partial charge in [0.25, 0.3) is 6.19 Å². The SMILES string of the molecule is N#CN(OC(F)(F)OC(F)F)[N+](=O)[O-]. The molecule has 0 radical (unpaired) electrons. The Hall–Kier alpha value is -1.67. The summed E-state index contributed by atoms with van der Waals surface area (Å²) in [6.45, 7) is -3.91. The molecule has 14 heavy (non-hydrogen) atoms. The molecule has 7 nitrogen and oxygen atoms in total. The third kappa shape index (κ3) is 4.38. The quantitative estimate of drug-likeness (QED) is 0.169. The van der Waals surface area contributed by atoms with Gasteiger partial charge in [-0.1, -0.05) is 0 Å². The van der Waals surface area contributed by atoms with Crippen molar-refractivity contribution in [1.82, 2.24) is 5.17 Å². The second-order valence-electron chi connectivity index (χ2n) is 1.54. The molecular weight excluding hydrogens is 218 g/mol. The van der Waals surface area contributed by atoms with Gasteiger partial charge in [0.1, 0.15) is 5.17 Å². The Kier molecular flexibility index (Phi) is 3.99. The first-order chi connectivity index (χ1) is 6.28. The number of halogens is 4. The van der Waals surface area contributed by atoms with Crippen molar-refractivity contribution < 1.29 is 32.2 Å². The maximum Gasteiger partial charge on any atom is 0.516 e. The molecule has 0 N–H and O–H groups in total. The van der Waals surface area contributed by atoms with Crippen LogP contribution in [0.15, 0.2) is 0 Å². The number of nitriles is 1. The zero-order chi connectivity index (χ0) is 11.4. The number of hydrogen-bond donors (Lipinski definition) is 0. The van der Waals surface area contributed by atoms with Crippen LogP contribution in [0.4, 0.5) is 17.6 Å². The lowest BCUT2D eigenvalue weighted by Crippen LogP contribution is -2.37. The monoisotopic (exact) mass is 219 g/mol. The van der Waals surface area contributed by atoms with Crippen LogP contribution in [0.1, 0.15) is 0 Å². The smallest absolute Gasteiger partial charge is 0.232 e. The van der Waals surface area contributed by atoms with Crippen LogP contribution < -0.4 is 0 Å². The van der Waals surface area contributed by atoms with Crippen molar-refractivity contribution in [2.24, 2.45) is 0 Å². The van der Waals surface area contributed by atoms with Crippen molar-refractivity contribution in [2.75, 3.05) is 0 Å². The molecule has 0 heterocycles. The van der Waals surface area contributed by atoms with Crippen molar-refractivity contribution in [3.63, 3.8) is 0 Å². The Balaban J connectivity index is 4.34. The lowest BCUT2D eigenvalue weighted by molar-refractivity contribution is -0.745. The van der Waals surface area contributed by atoms with Crippen LogP contribution in [0.25, 0.3) is 0 Å². The normalized spacial score (nSPS) is 11.1. The summed E-state index contributed by atoms with van der Waals surface area (Å²) in [5.41, 5.74) is 0. The van der Waals surface area contributed by atoms with Crippen LogP contribution >= 0.6 is 0 Å². The van der Waals surface area contributed by atoms with Gasteiger partial charge >= 0.3 is 12.9 Å². The Morgan fingerprint density at radius 1 is 1.57 bits per heavy atom. The summed E-state index contributed by atoms with van der Waals surface area (Å²) in [5.74, 6) is 0. The molecule has 0 aliphatic heterocycles. The van der Waals surface area contributed by atoms with Crippen LogP contribution in [0.5, 0.6) is 0 Å². The standard InChI is InChI=1S/C3HF4N3O4/c4-2(5)13-3(6,7)14-9(1-8)10(11)12/h2H. The van der Waals surface area contributed by atoms with Crippen molar-refractivity contribution in [1.29, 1.82) is 5.26 Å². The van der Waals surface area contributed by atoms with Crippen molar-refractivity contribution in [2.45, 2.75) is 12.9 Å². The van der Waals surface area contributed by atoms with Crippen molar-refractivity contribution in [3.05, 3.63) is 10.1 Å². The van der Waals surface area contributed by atoms with Crippen LogP contribution in [0.2, 0.25) is 0 Å². The fourth-order valence-electron chi connectivity index (χ4n) is 0.316. The van der Waals surface area contributed by atoms with Crippen LogP contribution in [-0.4, -0.2) is 23.1 Å². The Morgan fingerprint density at radius 3 is 2.36 bits per heavy atom. The molecule has 0 aliphatic rings. The number of ether oxygens (including phenoxy) is 1. The van der Waals surface area contributed by atoms with Gasteiger partial charge in [0.2, 0.25) is 5.03 Å². The van der Waals surface area contributed by atoms with Crippen LogP contribution in [0, 0.1) is 21.6 Å². The molecule has 0 unspecified atom stereocenters. The molecule has 0 aromatic carbocycles. The van der Waals surface area contributed by atoms with Gasteiger partial charge in [0.15, 0.2) is 0 Å². The van der Waals surface area contributed by atoms with Gasteiger partial charge < -0.3 is 0 Å². The Labute approximate surface area is 73.1 Å². The van der Waals surface area contributed by atoms with E-state index in [1.165, 1.54) is 0 Å². The summed E-state index contributed by atoms with van der Waals surface area (Å²) in [6.07, 6.45) is -4.42. The largest absolute Gasteiger partial charge is 0.516 e. The zero-order valence-electron chi connectivity index (χ0n) is 6.06. The molecule has 0 aromatic heterocycles. The maximum absolute atomic E-state index is 12.1. The average molecular weight is 219 g/mol. The summed E-state index contributed by atoms with van der Waals surface area (Å²) < 4.78 is 49.1. The van der Waals surface area contributed by atoms with Gasteiger partial charge in [-0.05, 0) is 0 Å². The predicted molar refractivity (Wildman–Crippen MR) is 27.6 cm³/mol. The van der Waals surface area contributed by atoms with Crippen molar-refractivity contribution in [3.8, 4) is 6.19 Å². The van der Waals surface area contributed by atoms with Crippen LogP contribution in [0.3, 0.4) is 0 Å². The third-order valence-corrected chi connectivity index (χ3v) is 0.653. The topological polar surface area (TPSA) is 88.6 Å². The number of rotatable bonds is 5. The molecular formula is C3HF4N3O4. The number of nitrogens with zero attached hydrogens (tertiary/aromatic N) is 3. The molecule has 0 bridgehead atoms. The summed E-state index contributed by atoms with van der Waals surface area (Å²) in [5, 5.41) is 14.7. The molecule has 0 aliphatic carbocycles. The predicted octanol–water partition coefficient (Wildman–Crippen LogP) is 0.682. The summed E-state index contributed by atoms with van der Waals surface area (Å²) in [4.78, 5) is 12.6. The Bertz CT molecular complexity index is 253. The number of hydrogen-bond acceptors (Lipinski definition) is 5. The fourth-order valence-corrected chi connectivity index (χ4v) is 0.316. The first kappa shape index (κ1) is 12.3. The van der Waals surface area contributed by atoms with Crippen molar-refractivity contribution >= 4 is 0 Å². The first-order valence-electron chi connectivity index (χ1n) is 2.65. The second-order valence-corrected chi connectivity index (χ2v) is 1.54. The molecule has 0 saturated heterocycles. The number of hydrazine groups is 1. The summed E-state index contributed by atoms with van der Waals surface area (Å²) >= 11 is 0. The highest BCUT2D eigenvalue weighted by Crippen LogP contribution is 2.21. The van der Waals surface area contributed by atoms with E-state index in [9.17, 15) is 27.7 Å². The fraction of sp³-hybridized carbons (Fsp3) is 0.667. The van der Waals surface area contributed by atoms with Gasteiger partial charge in [-0.15, -0.1) is 13.6 Å². The summed E-state index contributed by atoms with van der Waals surface area (Å²) in [7, 11) is 0. The lowest BCUT2D eigenvalue weighted by Gasteiger charge is -2.14. The number of nitro groups is 1. The number of hydroxylamine groups is 1. The van der Waals surface area contributed by atoms with Gasteiger partial charge in [0, 0.05) is 0 Å². The molecule has 11 heteroatoms. The van der Waals surface area contributed by atoms with Gasteiger partial charge in [-0.25, -0.2) is 14.9 Å². The second kappa shape index (κ2) is 4.53. The zero-order valence-corrected chi connectivity index (χ0v) is 6.06. The van der Waals surface area contributed by atoms with E-state index in [2.05, 4.69) is 9.57 Å². The third-order valence-electron chi connectivity index (χ3n) is 0.653. The highest BCUT2D eigenvalue weighted by molar-refractivity contribution is 4.53. The van der Waals surface area contributed by atoms with E-state index >= 15 is 0 Å². The highest BCUT2D eigenvalue weighted by Gasteiger charge is 2.43.